The first kappa shape index (κ1) is 24.9. The molecular formula is C28H35FN4O2. The Labute approximate surface area is 206 Å². The van der Waals surface area contributed by atoms with Crippen molar-refractivity contribution < 1.29 is 14.3 Å². The van der Waals surface area contributed by atoms with Gasteiger partial charge in [-0.3, -0.25) is 9.69 Å². The third kappa shape index (κ3) is 5.11. The minimum atomic E-state index is -0.244. The van der Waals surface area contributed by atoms with Gasteiger partial charge in [-0.2, -0.15) is 0 Å². The Morgan fingerprint density at radius 2 is 1.89 bits per heavy atom. The number of piperazine rings is 1. The number of amides is 1. The van der Waals surface area contributed by atoms with Crippen molar-refractivity contribution >= 4 is 22.5 Å². The van der Waals surface area contributed by atoms with E-state index in [1.54, 1.807) is 6.07 Å². The largest absolute Gasteiger partial charge is 0.395 e. The summed E-state index contributed by atoms with van der Waals surface area (Å²) in [5.74, 6) is -0.225. The van der Waals surface area contributed by atoms with E-state index in [0.29, 0.717) is 38.3 Å². The highest BCUT2D eigenvalue weighted by Gasteiger charge is 2.24. The topological polar surface area (TPSA) is 60.7 Å². The fourth-order valence-corrected chi connectivity index (χ4v) is 4.94. The molecule has 0 aliphatic carbocycles. The molecule has 0 radical (unpaired) electrons. The second-order valence-corrected chi connectivity index (χ2v) is 9.31. The number of nitrogens with one attached hydrogen (secondary N) is 1. The number of carbonyl (C=O) groups is 1. The highest BCUT2D eigenvalue weighted by atomic mass is 19.1. The summed E-state index contributed by atoms with van der Waals surface area (Å²) < 4.78 is 15.8. The molecule has 0 bridgehead atoms. The Kier molecular flexibility index (Phi) is 7.57. The van der Waals surface area contributed by atoms with Gasteiger partial charge in [-0.15, -0.1) is 6.58 Å². The van der Waals surface area contributed by atoms with Crippen LogP contribution < -0.4 is 5.32 Å². The Morgan fingerprint density at radius 3 is 2.54 bits per heavy atom. The van der Waals surface area contributed by atoms with Crippen LogP contribution in [0.4, 0.5) is 10.1 Å². The summed E-state index contributed by atoms with van der Waals surface area (Å²) in [5.41, 5.74) is 6.76. The van der Waals surface area contributed by atoms with Gasteiger partial charge in [-0.25, -0.2) is 4.39 Å². The molecule has 3 aromatic rings. The Bertz CT molecular complexity index is 1240. The van der Waals surface area contributed by atoms with Gasteiger partial charge < -0.3 is 19.9 Å². The van der Waals surface area contributed by atoms with E-state index in [2.05, 4.69) is 35.2 Å². The molecule has 0 unspecified atom stereocenters. The number of nitrogens with zero attached hydrogens (tertiary/aromatic N) is 3. The van der Waals surface area contributed by atoms with E-state index in [9.17, 15) is 14.3 Å². The first-order chi connectivity index (χ1) is 16.8. The number of aromatic nitrogens is 1. The standard InChI is InChI=1S/C28H35FN4O2/c1-5-8-33-21(4)20(3)25-16-23(28(35)32-11-9-31(10-12-32)13-14-34)17-26(27(25)33)30-18-22-6-7-24(29)15-19(22)2/h5-7,15-17,30,34H,1,8-14,18H2,2-4H3. The lowest BCUT2D eigenvalue weighted by atomic mass is 10.0. The smallest absolute Gasteiger partial charge is 0.254 e. The minimum absolute atomic E-state index is 0.0186. The fraction of sp³-hybridized carbons (Fsp3) is 0.393. The molecule has 1 aliphatic rings. The van der Waals surface area contributed by atoms with Crippen LogP contribution in [0, 0.1) is 26.6 Å². The summed E-state index contributed by atoms with van der Waals surface area (Å²) in [5, 5.41) is 13.8. The lowest BCUT2D eigenvalue weighted by molar-refractivity contribution is 0.0615. The second-order valence-electron chi connectivity index (χ2n) is 9.31. The first-order valence-electron chi connectivity index (χ1n) is 12.2. The van der Waals surface area contributed by atoms with Gasteiger partial charge in [0.1, 0.15) is 5.82 Å². The summed E-state index contributed by atoms with van der Waals surface area (Å²) in [4.78, 5) is 17.6. The van der Waals surface area contributed by atoms with Gasteiger partial charge >= 0.3 is 0 Å². The predicted octanol–water partition coefficient (Wildman–Crippen LogP) is 4.25. The predicted molar refractivity (Wildman–Crippen MR) is 140 cm³/mol. The molecule has 4 rings (SSSR count). The molecule has 7 heteroatoms. The fourth-order valence-electron chi connectivity index (χ4n) is 4.94. The van der Waals surface area contributed by atoms with E-state index in [0.717, 1.165) is 52.1 Å². The van der Waals surface area contributed by atoms with Gasteiger partial charge in [0.25, 0.3) is 5.91 Å². The maximum Gasteiger partial charge on any atom is 0.254 e. The molecule has 1 aromatic heterocycles. The second kappa shape index (κ2) is 10.6. The molecule has 0 saturated carbocycles. The van der Waals surface area contributed by atoms with E-state index in [1.165, 1.54) is 12.1 Å². The average molecular weight is 479 g/mol. The van der Waals surface area contributed by atoms with Crippen LogP contribution in [0.2, 0.25) is 0 Å². The number of fused-ring (bicyclic) bond motifs is 1. The third-order valence-corrected chi connectivity index (χ3v) is 7.14. The Morgan fingerprint density at radius 1 is 1.14 bits per heavy atom. The molecule has 2 N–H and O–H groups in total. The van der Waals surface area contributed by atoms with Crippen LogP contribution in [-0.4, -0.2) is 64.7 Å². The molecule has 35 heavy (non-hydrogen) atoms. The van der Waals surface area contributed by atoms with Crippen molar-refractivity contribution in [3.63, 3.8) is 0 Å². The normalized spacial score (nSPS) is 14.5. The van der Waals surface area contributed by atoms with Crippen molar-refractivity contribution in [2.45, 2.75) is 33.9 Å². The molecule has 2 aromatic carbocycles. The number of aryl methyl sites for hydroxylation is 2. The molecular weight excluding hydrogens is 443 g/mol. The lowest BCUT2D eigenvalue weighted by Crippen LogP contribution is -2.49. The molecule has 1 aliphatic heterocycles. The summed E-state index contributed by atoms with van der Waals surface area (Å²) in [6, 6.07) is 8.77. The number of aliphatic hydroxyl groups is 1. The lowest BCUT2D eigenvalue weighted by Gasteiger charge is -2.34. The van der Waals surface area contributed by atoms with Crippen LogP contribution >= 0.6 is 0 Å². The minimum Gasteiger partial charge on any atom is -0.395 e. The van der Waals surface area contributed by atoms with Crippen LogP contribution in [-0.2, 0) is 13.1 Å². The third-order valence-electron chi connectivity index (χ3n) is 7.14. The van der Waals surface area contributed by atoms with E-state index in [1.807, 2.05) is 30.0 Å². The number of rotatable bonds is 8. The van der Waals surface area contributed by atoms with Gasteiger partial charge in [0.2, 0.25) is 0 Å². The monoisotopic (exact) mass is 478 g/mol. The maximum absolute atomic E-state index is 13.6. The van der Waals surface area contributed by atoms with Gasteiger partial charge in [-0.05, 0) is 61.7 Å². The van der Waals surface area contributed by atoms with E-state index < -0.39 is 0 Å². The molecule has 1 amide bonds. The molecule has 1 fully saturated rings. The van der Waals surface area contributed by atoms with Crippen molar-refractivity contribution in [2.75, 3.05) is 44.6 Å². The SMILES string of the molecule is C=CCn1c(C)c(C)c2cc(C(=O)N3CCN(CCO)CC3)cc(NCc3ccc(F)cc3C)c21. The molecule has 0 atom stereocenters. The maximum atomic E-state index is 13.6. The number of halogens is 1. The number of carbonyl (C=O) groups excluding carboxylic acids is 1. The number of allylic oxidation sites excluding steroid dienone is 1. The van der Waals surface area contributed by atoms with Crippen LogP contribution in [0.25, 0.3) is 10.9 Å². The van der Waals surface area contributed by atoms with Gasteiger partial charge in [-0.1, -0.05) is 12.1 Å². The summed E-state index contributed by atoms with van der Waals surface area (Å²) >= 11 is 0. The number of β-amino-alcohol motifs (C(OH)–C–C–N with tert-alkyl or cyclic N) is 1. The zero-order chi connectivity index (χ0) is 25.1. The molecule has 1 saturated heterocycles. The highest BCUT2D eigenvalue weighted by molar-refractivity contribution is 6.04. The Hall–Kier alpha value is -3.16. The van der Waals surface area contributed by atoms with Crippen molar-refractivity contribution in [1.29, 1.82) is 0 Å². The average Bonchev–Trinajstić information content (AvgIpc) is 3.09. The van der Waals surface area contributed by atoms with Crippen molar-refractivity contribution in [3.05, 3.63) is 76.8 Å². The number of aliphatic hydroxyl groups excluding tert-OH is 1. The van der Waals surface area contributed by atoms with Crippen LogP contribution in [0.1, 0.15) is 32.7 Å². The van der Waals surface area contributed by atoms with Gasteiger partial charge in [0, 0.05) is 62.5 Å². The number of anilines is 1. The summed E-state index contributed by atoms with van der Waals surface area (Å²) in [6.07, 6.45) is 1.88. The first-order valence-corrected chi connectivity index (χ1v) is 12.2. The molecule has 0 spiro atoms. The van der Waals surface area contributed by atoms with E-state index in [-0.39, 0.29) is 18.3 Å². The highest BCUT2D eigenvalue weighted by Crippen LogP contribution is 2.34. The van der Waals surface area contributed by atoms with Crippen LogP contribution in [0.5, 0.6) is 0 Å². The molecule has 2 heterocycles. The van der Waals surface area contributed by atoms with Gasteiger partial charge in [0.05, 0.1) is 17.8 Å². The van der Waals surface area contributed by atoms with Crippen LogP contribution in [0.3, 0.4) is 0 Å². The number of benzene rings is 2. The summed E-state index contributed by atoms with van der Waals surface area (Å²) in [6.45, 7) is 14.8. The van der Waals surface area contributed by atoms with Crippen molar-refractivity contribution in [3.8, 4) is 0 Å². The number of hydrogen-bond acceptors (Lipinski definition) is 4. The van der Waals surface area contributed by atoms with Crippen molar-refractivity contribution in [1.82, 2.24) is 14.4 Å². The Balaban J connectivity index is 1.70. The quantitative estimate of drug-likeness (QED) is 0.475. The zero-order valence-corrected chi connectivity index (χ0v) is 20.9. The number of hydrogen-bond donors (Lipinski definition) is 2. The summed E-state index contributed by atoms with van der Waals surface area (Å²) in [7, 11) is 0. The molecule has 6 nitrogen and oxygen atoms in total. The molecule has 186 valence electrons. The zero-order valence-electron chi connectivity index (χ0n) is 20.9. The van der Waals surface area contributed by atoms with E-state index in [4.69, 9.17) is 0 Å². The van der Waals surface area contributed by atoms with E-state index >= 15 is 0 Å². The van der Waals surface area contributed by atoms with Crippen LogP contribution in [0.15, 0.2) is 43.0 Å². The van der Waals surface area contributed by atoms with Gasteiger partial charge in [0.15, 0.2) is 0 Å². The van der Waals surface area contributed by atoms with Crippen molar-refractivity contribution in [2.24, 2.45) is 0 Å².